The number of nitrogen functional groups attached to an aromatic ring is 1. The van der Waals surface area contributed by atoms with Crippen molar-refractivity contribution in [1.82, 2.24) is 0 Å². The monoisotopic (exact) mass is 300 g/mol. The summed E-state index contributed by atoms with van der Waals surface area (Å²) in [4.78, 5) is 14.7. The summed E-state index contributed by atoms with van der Waals surface area (Å²) in [5, 5.41) is 0.398. The zero-order chi connectivity index (χ0) is 15.0. The Kier molecular flexibility index (Phi) is 3.60. The van der Waals surface area contributed by atoms with E-state index < -0.39 is 0 Å². The molecule has 1 amide bonds. The van der Waals surface area contributed by atoms with Crippen molar-refractivity contribution in [3.8, 4) is 0 Å². The summed E-state index contributed by atoms with van der Waals surface area (Å²) in [6.45, 7) is 2.07. The maximum Gasteiger partial charge on any atom is 0.260 e. The van der Waals surface area contributed by atoms with E-state index in [2.05, 4.69) is 13.0 Å². The maximum atomic E-state index is 12.9. The molecule has 108 valence electrons. The van der Waals surface area contributed by atoms with Crippen molar-refractivity contribution < 1.29 is 4.79 Å². The molecule has 4 heteroatoms. The van der Waals surface area contributed by atoms with Crippen LogP contribution in [0.1, 0.15) is 29.3 Å². The third kappa shape index (κ3) is 2.49. The minimum Gasteiger partial charge on any atom is -0.399 e. The van der Waals surface area contributed by atoms with E-state index in [1.807, 2.05) is 23.1 Å². The molecule has 0 bridgehead atoms. The summed E-state index contributed by atoms with van der Waals surface area (Å²) in [7, 11) is 0. The first-order chi connectivity index (χ1) is 10.1. The number of halogens is 1. The fourth-order valence-electron chi connectivity index (χ4n) is 2.83. The molecule has 0 aromatic heterocycles. The highest BCUT2D eigenvalue weighted by Crippen LogP contribution is 2.33. The van der Waals surface area contributed by atoms with Crippen molar-refractivity contribution in [1.29, 1.82) is 0 Å². The molecule has 0 saturated heterocycles. The van der Waals surface area contributed by atoms with Crippen LogP contribution in [0.25, 0.3) is 0 Å². The molecule has 0 spiro atoms. The van der Waals surface area contributed by atoms with E-state index in [1.54, 1.807) is 18.2 Å². The van der Waals surface area contributed by atoms with E-state index in [0.717, 1.165) is 18.5 Å². The third-order valence-electron chi connectivity index (χ3n) is 3.97. The number of benzene rings is 2. The van der Waals surface area contributed by atoms with Gasteiger partial charge in [0, 0.05) is 17.4 Å². The van der Waals surface area contributed by atoms with Crippen LogP contribution in [0.15, 0.2) is 42.5 Å². The van der Waals surface area contributed by atoms with Gasteiger partial charge in [-0.1, -0.05) is 29.8 Å². The molecule has 0 aliphatic carbocycles. The van der Waals surface area contributed by atoms with Crippen LogP contribution in [0.3, 0.4) is 0 Å². The lowest BCUT2D eigenvalue weighted by atomic mass is 9.95. The van der Waals surface area contributed by atoms with Crippen LogP contribution >= 0.6 is 11.6 Å². The largest absolute Gasteiger partial charge is 0.399 e. The fourth-order valence-corrected chi connectivity index (χ4v) is 3.10. The van der Waals surface area contributed by atoms with Gasteiger partial charge in [0.2, 0.25) is 0 Å². The first-order valence-corrected chi connectivity index (χ1v) is 7.42. The maximum absolute atomic E-state index is 12.9. The molecule has 1 aliphatic rings. The number of aryl methyl sites for hydroxylation is 1. The molecule has 0 fully saturated rings. The van der Waals surface area contributed by atoms with Gasteiger partial charge >= 0.3 is 0 Å². The van der Waals surface area contributed by atoms with Gasteiger partial charge in [0.1, 0.15) is 0 Å². The van der Waals surface area contributed by atoms with Crippen molar-refractivity contribution in [2.45, 2.75) is 25.8 Å². The molecule has 1 heterocycles. The Labute approximate surface area is 129 Å². The third-order valence-corrected chi connectivity index (χ3v) is 4.28. The summed E-state index contributed by atoms with van der Waals surface area (Å²) in [6.07, 6.45) is 1.95. The minimum atomic E-state index is -0.0698. The van der Waals surface area contributed by atoms with Crippen molar-refractivity contribution in [3.05, 3.63) is 58.6 Å². The van der Waals surface area contributed by atoms with E-state index in [9.17, 15) is 4.79 Å². The Balaban J connectivity index is 2.05. The van der Waals surface area contributed by atoms with Crippen molar-refractivity contribution in [2.24, 2.45) is 0 Å². The van der Waals surface area contributed by atoms with Crippen LogP contribution < -0.4 is 10.6 Å². The van der Waals surface area contributed by atoms with Crippen LogP contribution in [0.5, 0.6) is 0 Å². The molecule has 0 radical (unpaired) electrons. The lowest BCUT2D eigenvalue weighted by Crippen LogP contribution is -2.42. The number of carbonyl (C=O) groups is 1. The number of nitrogens with zero attached hydrogens (tertiary/aromatic N) is 1. The SMILES string of the molecule is CC1CCc2ccccc2N1C(=O)c1ccc(N)cc1Cl. The molecule has 1 unspecified atom stereocenters. The van der Waals surface area contributed by atoms with E-state index in [1.165, 1.54) is 5.56 Å². The van der Waals surface area contributed by atoms with Gasteiger partial charge in [-0.05, 0) is 49.6 Å². The molecular weight excluding hydrogens is 284 g/mol. The summed E-state index contributed by atoms with van der Waals surface area (Å²) < 4.78 is 0. The zero-order valence-electron chi connectivity index (χ0n) is 11.8. The first kappa shape index (κ1) is 14.0. The molecule has 1 aliphatic heterocycles. The first-order valence-electron chi connectivity index (χ1n) is 7.04. The lowest BCUT2D eigenvalue weighted by Gasteiger charge is -2.35. The second-order valence-corrected chi connectivity index (χ2v) is 5.84. The average molecular weight is 301 g/mol. The molecule has 3 rings (SSSR count). The van der Waals surface area contributed by atoms with Gasteiger partial charge in [0.05, 0.1) is 10.6 Å². The second kappa shape index (κ2) is 5.41. The Morgan fingerprint density at radius 2 is 2.05 bits per heavy atom. The second-order valence-electron chi connectivity index (χ2n) is 5.43. The number of carbonyl (C=O) groups excluding carboxylic acids is 1. The van der Waals surface area contributed by atoms with Gasteiger partial charge in [0.15, 0.2) is 0 Å². The van der Waals surface area contributed by atoms with Crippen LogP contribution in [0, 0.1) is 0 Å². The molecule has 2 aromatic carbocycles. The summed E-state index contributed by atoms with van der Waals surface area (Å²) >= 11 is 6.19. The van der Waals surface area contributed by atoms with E-state index in [0.29, 0.717) is 16.3 Å². The topological polar surface area (TPSA) is 46.3 Å². The Bertz CT molecular complexity index is 699. The van der Waals surface area contributed by atoms with E-state index >= 15 is 0 Å². The predicted octanol–water partition coefficient (Wildman–Crippen LogP) is 3.90. The van der Waals surface area contributed by atoms with Crippen LogP contribution in [0.4, 0.5) is 11.4 Å². The highest BCUT2D eigenvalue weighted by Gasteiger charge is 2.29. The molecular formula is C17H17ClN2O. The molecule has 21 heavy (non-hydrogen) atoms. The van der Waals surface area contributed by atoms with Crippen LogP contribution in [-0.4, -0.2) is 11.9 Å². The Morgan fingerprint density at radius 1 is 1.29 bits per heavy atom. The quantitative estimate of drug-likeness (QED) is 0.812. The normalized spacial score (nSPS) is 17.4. The van der Waals surface area contributed by atoms with Gasteiger partial charge in [0.25, 0.3) is 5.91 Å². The Hall–Kier alpha value is -2.00. The summed E-state index contributed by atoms with van der Waals surface area (Å²) in [5.74, 6) is -0.0698. The number of hydrogen-bond donors (Lipinski definition) is 1. The Morgan fingerprint density at radius 3 is 2.81 bits per heavy atom. The van der Waals surface area contributed by atoms with Gasteiger partial charge in [-0.15, -0.1) is 0 Å². The van der Waals surface area contributed by atoms with E-state index in [4.69, 9.17) is 17.3 Å². The summed E-state index contributed by atoms with van der Waals surface area (Å²) in [5.41, 5.74) is 8.94. The zero-order valence-corrected chi connectivity index (χ0v) is 12.6. The van der Waals surface area contributed by atoms with E-state index in [-0.39, 0.29) is 11.9 Å². The lowest BCUT2D eigenvalue weighted by molar-refractivity contribution is 0.0975. The fraction of sp³-hybridized carbons (Fsp3) is 0.235. The standard InChI is InChI=1S/C17H17ClN2O/c1-11-6-7-12-4-2-3-5-16(12)20(11)17(21)14-9-8-13(19)10-15(14)18/h2-5,8-11H,6-7,19H2,1H3. The molecule has 0 saturated carbocycles. The smallest absolute Gasteiger partial charge is 0.260 e. The number of fused-ring (bicyclic) bond motifs is 1. The molecule has 3 nitrogen and oxygen atoms in total. The molecule has 2 N–H and O–H groups in total. The van der Waals surface area contributed by atoms with Gasteiger partial charge in [-0.2, -0.15) is 0 Å². The van der Waals surface area contributed by atoms with Crippen molar-refractivity contribution in [3.63, 3.8) is 0 Å². The van der Waals surface area contributed by atoms with Crippen LogP contribution in [-0.2, 0) is 6.42 Å². The number of para-hydroxylation sites is 1. The number of amides is 1. The highest BCUT2D eigenvalue weighted by atomic mass is 35.5. The number of nitrogens with two attached hydrogens (primary N) is 1. The minimum absolute atomic E-state index is 0.0698. The summed E-state index contributed by atoms with van der Waals surface area (Å²) in [6, 6.07) is 13.2. The average Bonchev–Trinajstić information content (AvgIpc) is 2.46. The van der Waals surface area contributed by atoms with Gasteiger partial charge < -0.3 is 10.6 Å². The van der Waals surface area contributed by atoms with Crippen molar-refractivity contribution in [2.75, 3.05) is 10.6 Å². The number of hydrogen-bond acceptors (Lipinski definition) is 2. The van der Waals surface area contributed by atoms with Gasteiger partial charge in [-0.3, -0.25) is 4.79 Å². The predicted molar refractivity (Wildman–Crippen MR) is 86.9 cm³/mol. The van der Waals surface area contributed by atoms with Crippen LogP contribution in [0.2, 0.25) is 5.02 Å². The highest BCUT2D eigenvalue weighted by molar-refractivity contribution is 6.34. The molecule has 2 aromatic rings. The number of rotatable bonds is 1. The molecule has 1 atom stereocenters. The van der Waals surface area contributed by atoms with Gasteiger partial charge in [-0.25, -0.2) is 0 Å². The number of anilines is 2. The van der Waals surface area contributed by atoms with Crippen molar-refractivity contribution >= 4 is 28.9 Å².